The molecule has 100 valence electrons. The van der Waals surface area contributed by atoms with Crippen LogP contribution in [0.5, 0.6) is 0 Å². The number of benzene rings is 1. The van der Waals surface area contributed by atoms with E-state index in [4.69, 9.17) is 0 Å². The Labute approximate surface area is 107 Å². The third-order valence-electron chi connectivity index (χ3n) is 2.08. The maximum atomic E-state index is 12.7. The number of carbonyl (C=O) groups is 1. The molecule has 0 fully saturated rings. The van der Waals surface area contributed by atoms with Gasteiger partial charge in [0.25, 0.3) is 0 Å². The van der Waals surface area contributed by atoms with E-state index in [-0.39, 0.29) is 5.69 Å². The summed E-state index contributed by atoms with van der Waals surface area (Å²) in [6, 6.07) is 4.11. The lowest BCUT2D eigenvalue weighted by atomic mass is 10.2. The predicted molar refractivity (Wildman–Crippen MR) is 58.5 cm³/mol. The third-order valence-corrected chi connectivity index (χ3v) is 2.57. The van der Waals surface area contributed by atoms with Crippen molar-refractivity contribution in [3.05, 3.63) is 28.2 Å². The van der Waals surface area contributed by atoms with Crippen LogP contribution in [0.2, 0.25) is 0 Å². The van der Waals surface area contributed by atoms with E-state index in [0.717, 1.165) is 0 Å². The van der Waals surface area contributed by atoms with Crippen molar-refractivity contribution >= 4 is 27.5 Å². The van der Waals surface area contributed by atoms with E-state index in [2.05, 4.69) is 15.9 Å². The Kier molecular flexibility index (Phi) is 3.99. The van der Waals surface area contributed by atoms with E-state index in [1.54, 1.807) is 5.32 Å². The quantitative estimate of drug-likeness (QED) is 0.818. The van der Waals surface area contributed by atoms with Gasteiger partial charge >= 0.3 is 18.0 Å². The molecule has 0 aromatic heterocycles. The number of hydrogen-bond donors (Lipinski definition) is 1. The maximum absolute atomic E-state index is 12.7. The minimum absolute atomic E-state index is 0.105. The van der Waals surface area contributed by atoms with E-state index in [9.17, 15) is 26.7 Å². The van der Waals surface area contributed by atoms with E-state index < -0.39 is 18.0 Å². The number of hydrogen-bond acceptors (Lipinski definition) is 1. The van der Waals surface area contributed by atoms with Crippen LogP contribution in [0.25, 0.3) is 0 Å². The molecule has 0 saturated carbocycles. The lowest BCUT2D eigenvalue weighted by molar-refractivity contribution is -0.267. The molecule has 0 spiro atoms. The summed E-state index contributed by atoms with van der Waals surface area (Å²) in [4.78, 5) is 10.9. The average molecular weight is 332 g/mol. The number of aryl methyl sites for hydroxylation is 1. The van der Waals surface area contributed by atoms with Gasteiger partial charge in [0.1, 0.15) is 0 Å². The fourth-order valence-electron chi connectivity index (χ4n) is 1.10. The molecule has 1 amide bonds. The fraction of sp³-hybridized carbons (Fsp3) is 0.300. The molecule has 0 heterocycles. The molecule has 0 unspecified atom stereocenters. The van der Waals surface area contributed by atoms with Crippen LogP contribution in [-0.2, 0) is 4.79 Å². The Morgan fingerprint density at radius 3 is 2.22 bits per heavy atom. The minimum atomic E-state index is -5.92. The smallest absolute Gasteiger partial charge is 0.320 e. The van der Waals surface area contributed by atoms with E-state index >= 15 is 0 Å². The van der Waals surface area contributed by atoms with Crippen LogP contribution in [0, 0.1) is 6.92 Å². The summed E-state index contributed by atoms with van der Waals surface area (Å²) in [7, 11) is 0. The molecule has 0 aliphatic heterocycles. The molecule has 2 nitrogen and oxygen atoms in total. The first-order chi connectivity index (χ1) is 8.05. The standard InChI is InChI=1S/C10H7BrF5NO/c1-5-4-6(11)2-3-7(5)17-8(18)9(12,13)10(14,15)16/h2-4H,1H3,(H,17,18). The molecule has 0 aliphatic rings. The number of carbonyl (C=O) groups excluding carboxylic acids is 1. The Morgan fingerprint density at radius 2 is 1.78 bits per heavy atom. The first-order valence-electron chi connectivity index (χ1n) is 4.58. The van der Waals surface area contributed by atoms with Crippen molar-refractivity contribution in [3.63, 3.8) is 0 Å². The third kappa shape index (κ3) is 2.98. The van der Waals surface area contributed by atoms with E-state index in [1.165, 1.54) is 25.1 Å². The highest BCUT2D eigenvalue weighted by Crippen LogP contribution is 2.36. The van der Waals surface area contributed by atoms with Gasteiger partial charge in [-0.25, -0.2) is 0 Å². The van der Waals surface area contributed by atoms with Gasteiger partial charge in [-0.2, -0.15) is 22.0 Å². The zero-order chi connectivity index (χ0) is 14.1. The highest BCUT2D eigenvalue weighted by atomic mass is 79.9. The monoisotopic (exact) mass is 331 g/mol. The van der Waals surface area contributed by atoms with Crippen molar-refractivity contribution in [2.24, 2.45) is 0 Å². The first kappa shape index (κ1) is 14.9. The van der Waals surface area contributed by atoms with Crippen LogP contribution >= 0.6 is 15.9 Å². The molecular formula is C10H7BrF5NO. The number of halogens is 6. The van der Waals surface area contributed by atoms with Gasteiger partial charge in [-0.1, -0.05) is 15.9 Å². The van der Waals surface area contributed by atoms with Gasteiger partial charge < -0.3 is 5.32 Å². The lowest BCUT2D eigenvalue weighted by Gasteiger charge is -2.19. The van der Waals surface area contributed by atoms with Gasteiger partial charge in [0.05, 0.1) is 0 Å². The van der Waals surface area contributed by atoms with Crippen LogP contribution in [0.1, 0.15) is 5.56 Å². The Balaban J connectivity index is 2.95. The summed E-state index contributed by atoms with van der Waals surface area (Å²) in [5, 5.41) is 1.55. The molecule has 1 aromatic carbocycles. The summed E-state index contributed by atoms with van der Waals surface area (Å²) in [5.41, 5.74) is 0.253. The van der Waals surface area contributed by atoms with Crippen molar-refractivity contribution in [2.45, 2.75) is 19.0 Å². The summed E-state index contributed by atoms with van der Waals surface area (Å²) in [6.07, 6.45) is -5.92. The summed E-state index contributed by atoms with van der Waals surface area (Å²) in [6.45, 7) is 1.46. The van der Waals surface area contributed by atoms with Crippen LogP contribution in [0.4, 0.5) is 27.6 Å². The van der Waals surface area contributed by atoms with Gasteiger partial charge in [-0.05, 0) is 30.7 Å². The minimum Gasteiger partial charge on any atom is -0.320 e. The first-order valence-corrected chi connectivity index (χ1v) is 5.37. The van der Waals surface area contributed by atoms with Crippen LogP contribution in [0.15, 0.2) is 22.7 Å². The number of anilines is 1. The molecule has 8 heteroatoms. The van der Waals surface area contributed by atoms with Gasteiger partial charge in [-0.15, -0.1) is 0 Å². The van der Waals surface area contributed by atoms with Crippen molar-refractivity contribution in [1.82, 2.24) is 0 Å². The molecule has 0 atom stereocenters. The summed E-state index contributed by atoms with van der Waals surface area (Å²) >= 11 is 3.09. The number of nitrogens with one attached hydrogen (secondary N) is 1. The summed E-state index contributed by atoms with van der Waals surface area (Å²) < 4.78 is 61.8. The van der Waals surface area contributed by atoms with Crippen LogP contribution in [-0.4, -0.2) is 18.0 Å². The van der Waals surface area contributed by atoms with Crippen molar-refractivity contribution in [3.8, 4) is 0 Å². The molecule has 18 heavy (non-hydrogen) atoms. The molecule has 0 bridgehead atoms. The summed E-state index contributed by atoms with van der Waals surface area (Å²) in [5.74, 6) is -7.83. The second-order valence-electron chi connectivity index (χ2n) is 3.49. The van der Waals surface area contributed by atoms with Crippen LogP contribution < -0.4 is 5.32 Å². The van der Waals surface area contributed by atoms with Crippen molar-refractivity contribution in [2.75, 3.05) is 5.32 Å². The van der Waals surface area contributed by atoms with E-state index in [1.807, 2.05) is 0 Å². The largest absolute Gasteiger partial charge is 0.463 e. The lowest BCUT2D eigenvalue weighted by Crippen LogP contribution is -2.47. The van der Waals surface area contributed by atoms with Crippen molar-refractivity contribution < 1.29 is 26.7 Å². The highest BCUT2D eigenvalue weighted by molar-refractivity contribution is 9.10. The second kappa shape index (κ2) is 4.83. The molecule has 0 saturated heterocycles. The second-order valence-corrected chi connectivity index (χ2v) is 4.40. The molecule has 1 aromatic rings. The molecule has 1 N–H and O–H groups in total. The normalized spacial score (nSPS) is 12.4. The fourth-order valence-corrected chi connectivity index (χ4v) is 1.57. The van der Waals surface area contributed by atoms with Gasteiger partial charge in [-0.3, -0.25) is 4.79 Å². The average Bonchev–Trinajstić information content (AvgIpc) is 2.20. The Morgan fingerprint density at radius 1 is 1.22 bits per heavy atom. The molecule has 0 radical (unpaired) electrons. The van der Waals surface area contributed by atoms with Gasteiger partial charge in [0.2, 0.25) is 0 Å². The molecule has 0 aliphatic carbocycles. The van der Waals surface area contributed by atoms with Crippen LogP contribution in [0.3, 0.4) is 0 Å². The number of amides is 1. The van der Waals surface area contributed by atoms with Crippen molar-refractivity contribution in [1.29, 1.82) is 0 Å². The van der Waals surface area contributed by atoms with Gasteiger partial charge in [0.15, 0.2) is 0 Å². The van der Waals surface area contributed by atoms with E-state index in [0.29, 0.717) is 10.0 Å². The van der Waals surface area contributed by atoms with Gasteiger partial charge in [0, 0.05) is 10.2 Å². The SMILES string of the molecule is Cc1cc(Br)ccc1NC(=O)C(F)(F)C(F)(F)F. The zero-order valence-corrected chi connectivity index (χ0v) is 10.5. The maximum Gasteiger partial charge on any atom is 0.463 e. The molecule has 1 rings (SSSR count). The topological polar surface area (TPSA) is 29.1 Å². The Hall–Kier alpha value is -1.18. The highest BCUT2D eigenvalue weighted by Gasteiger charge is 2.63. The zero-order valence-electron chi connectivity index (χ0n) is 8.91. The number of rotatable bonds is 2. The number of alkyl halides is 5. The Bertz CT molecular complexity index is 472. The molecular weight excluding hydrogens is 325 g/mol. The predicted octanol–water partition coefficient (Wildman–Crippen LogP) is 3.89.